The molecule has 1 fully saturated rings. The molecule has 0 bridgehead atoms. The third-order valence-corrected chi connectivity index (χ3v) is 3.91. The van der Waals surface area contributed by atoms with E-state index in [1.807, 2.05) is 19.1 Å². The number of nitriles is 1. The largest absolute Gasteiger partial charge is 0.293 e. The molecule has 0 spiro atoms. The van der Waals surface area contributed by atoms with Crippen LogP contribution in [0.4, 0.5) is 0 Å². The molecule has 0 N–H and O–H groups in total. The van der Waals surface area contributed by atoms with E-state index in [1.165, 1.54) is 11.8 Å². The zero-order valence-corrected chi connectivity index (χ0v) is 11.3. The zero-order chi connectivity index (χ0) is 13.1. The van der Waals surface area contributed by atoms with Gasteiger partial charge in [-0.05, 0) is 30.7 Å². The standard InChI is InChI=1S/C13H10N2OS2/c1-2-15-12(16)11(18-13(15)17)7-9-3-5-10(8-14)6-4-9/h3-7H,2H2,1H3/b11-7-. The van der Waals surface area contributed by atoms with Crippen molar-refractivity contribution in [3.8, 4) is 6.07 Å². The van der Waals surface area contributed by atoms with Gasteiger partial charge in [0, 0.05) is 6.54 Å². The number of amides is 1. The average Bonchev–Trinajstić information content (AvgIpc) is 2.65. The van der Waals surface area contributed by atoms with Gasteiger partial charge in [0.25, 0.3) is 5.91 Å². The quantitative estimate of drug-likeness (QED) is 0.614. The lowest BCUT2D eigenvalue weighted by Gasteiger charge is -2.09. The van der Waals surface area contributed by atoms with E-state index < -0.39 is 0 Å². The van der Waals surface area contributed by atoms with Crippen LogP contribution in [0.5, 0.6) is 0 Å². The number of benzene rings is 1. The van der Waals surface area contributed by atoms with Crippen molar-refractivity contribution in [1.82, 2.24) is 4.90 Å². The first kappa shape index (κ1) is 12.8. The Balaban J connectivity index is 2.26. The molecule has 0 aromatic heterocycles. The highest BCUT2D eigenvalue weighted by molar-refractivity contribution is 8.26. The van der Waals surface area contributed by atoms with Crippen molar-refractivity contribution in [2.24, 2.45) is 0 Å². The predicted molar refractivity (Wildman–Crippen MR) is 76.7 cm³/mol. The van der Waals surface area contributed by atoms with E-state index in [2.05, 4.69) is 6.07 Å². The van der Waals surface area contributed by atoms with Crippen molar-refractivity contribution < 1.29 is 4.79 Å². The monoisotopic (exact) mass is 274 g/mol. The maximum absolute atomic E-state index is 12.0. The van der Waals surface area contributed by atoms with Crippen molar-refractivity contribution in [1.29, 1.82) is 5.26 Å². The minimum atomic E-state index is -0.0446. The molecule has 2 rings (SSSR count). The lowest BCUT2D eigenvalue weighted by atomic mass is 10.1. The number of carbonyl (C=O) groups excluding carboxylic acids is 1. The summed E-state index contributed by atoms with van der Waals surface area (Å²) >= 11 is 6.45. The molecule has 5 heteroatoms. The molecule has 0 radical (unpaired) electrons. The summed E-state index contributed by atoms with van der Waals surface area (Å²) in [6.45, 7) is 2.49. The number of likely N-dealkylation sites (N-methyl/N-ethyl adjacent to an activating group) is 1. The second kappa shape index (κ2) is 5.34. The summed E-state index contributed by atoms with van der Waals surface area (Å²) < 4.78 is 0.599. The summed E-state index contributed by atoms with van der Waals surface area (Å²) in [5.74, 6) is -0.0446. The van der Waals surface area contributed by atoms with Gasteiger partial charge >= 0.3 is 0 Å². The normalized spacial score (nSPS) is 17.3. The SMILES string of the molecule is CCN1C(=O)/C(=C/c2ccc(C#N)cc2)SC1=S. The molecule has 90 valence electrons. The van der Waals surface area contributed by atoms with E-state index >= 15 is 0 Å². The Morgan fingerprint density at radius 3 is 2.61 bits per heavy atom. The van der Waals surface area contributed by atoms with E-state index in [1.54, 1.807) is 23.1 Å². The Labute approximate surface area is 115 Å². The van der Waals surface area contributed by atoms with Crippen molar-refractivity contribution >= 4 is 40.3 Å². The van der Waals surface area contributed by atoms with Crippen molar-refractivity contribution in [3.63, 3.8) is 0 Å². The van der Waals surface area contributed by atoms with Crippen LogP contribution in [-0.2, 0) is 4.79 Å². The molecule has 0 unspecified atom stereocenters. The Hall–Kier alpha value is -1.64. The smallest absolute Gasteiger partial charge is 0.266 e. The van der Waals surface area contributed by atoms with E-state index in [4.69, 9.17) is 17.5 Å². The molecule has 18 heavy (non-hydrogen) atoms. The van der Waals surface area contributed by atoms with Gasteiger partial charge < -0.3 is 0 Å². The maximum atomic E-state index is 12.0. The van der Waals surface area contributed by atoms with Gasteiger partial charge in [0.2, 0.25) is 0 Å². The van der Waals surface area contributed by atoms with Gasteiger partial charge in [-0.25, -0.2) is 0 Å². The summed E-state index contributed by atoms with van der Waals surface area (Å²) in [6, 6.07) is 9.15. The highest BCUT2D eigenvalue weighted by Crippen LogP contribution is 2.32. The molecule has 1 aliphatic rings. The molecule has 3 nitrogen and oxygen atoms in total. The van der Waals surface area contributed by atoms with Crippen LogP contribution < -0.4 is 0 Å². The van der Waals surface area contributed by atoms with Crippen LogP contribution >= 0.6 is 24.0 Å². The van der Waals surface area contributed by atoms with Gasteiger partial charge in [0.1, 0.15) is 4.32 Å². The Bertz CT molecular complexity index is 570. The summed E-state index contributed by atoms with van der Waals surface area (Å²) in [6.07, 6.45) is 1.80. The van der Waals surface area contributed by atoms with Gasteiger partial charge in [-0.3, -0.25) is 9.69 Å². The number of thiocarbonyl (C=S) groups is 1. The summed E-state index contributed by atoms with van der Waals surface area (Å²) in [4.78, 5) is 14.2. The summed E-state index contributed by atoms with van der Waals surface area (Å²) in [7, 11) is 0. The van der Waals surface area contributed by atoms with E-state index in [-0.39, 0.29) is 5.91 Å². The molecule has 0 aliphatic carbocycles. The molecule has 1 heterocycles. The van der Waals surface area contributed by atoms with Gasteiger partial charge in [-0.2, -0.15) is 5.26 Å². The third-order valence-electron chi connectivity index (χ3n) is 2.53. The van der Waals surface area contributed by atoms with E-state index in [0.717, 1.165) is 5.56 Å². The minimum absolute atomic E-state index is 0.0446. The van der Waals surface area contributed by atoms with Crippen molar-refractivity contribution in [3.05, 3.63) is 40.3 Å². The lowest BCUT2D eigenvalue weighted by molar-refractivity contribution is -0.121. The minimum Gasteiger partial charge on any atom is -0.293 e. The summed E-state index contributed by atoms with van der Waals surface area (Å²) in [5, 5.41) is 8.71. The van der Waals surface area contributed by atoms with E-state index in [9.17, 15) is 4.79 Å². The van der Waals surface area contributed by atoms with Crippen molar-refractivity contribution in [2.75, 3.05) is 6.54 Å². The van der Waals surface area contributed by atoms with Crippen molar-refractivity contribution in [2.45, 2.75) is 6.92 Å². The molecule has 0 atom stereocenters. The Morgan fingerprint density at radius 1 is 1.44 bits per heavy atom. The molecule has 1 aromatic rings. The molecular weight excluding hydrogens is 264 g/mol. The van der Waals surface area contributed by atoms with Crippen LogP contribution in [-0.4, -0.2) is 21.7 Å². The summed E-state index contributed by atoms with van der Waals surface area (Å²) in [5.41, 5.74) is 1.50. The molecular formula is C13H10N2OS2. The highest BCUT2D eigenvalue weighted by atomic mass is 32.2. The number of rotatable bonds is 2. The number of thioether (sulfide) groups is 1. The van der Waals surface area contributed by atoms with Crippen LogP contribution in [0.1, 0.15) is 18.1 Å². The fourth-order valence-corrected chi connectivity index (χ4v) is 2.96. The first-order valence-electron chi connectivity index (χ1n) is 5.41. The molecule has 1 saturated heterocycles. The Morgan fingerprint density at radius 2 is 2.11 bits per heavy atom. The van der Waals surface area contributed by atoms with Gasteiger partial charge in [-0.15, -0.1) is 0 Å². The molecule has 1 amide bonds. The molecule has 0 saturated carbocycles. The van der Waals surface area contributed by atoms with Crippen LogP contribution in [0.25, 0.3) is 6.08 Å². The van der Waals surface area contributed by atoms with Crippen LogP contribution in [0.2, 0.25) is 0 Å². The maximum Gasteiger partial charge on any atom is 0.266 e. The van der Waals surface area contributed by atoms with Gasteiger partial charge in [-0.1, -0.05) is 36.1 Å². The number of hydrogen-bond acceptors (Lipinski definition) is 4. The van der Waals surface area contributed by atoms with Crippen LogP contribution in [0.3, 0.4) is 0 Å². The average molecular weight is 274 g/mol. The first-order chi connectivity index (χ1) is 8.65. The van der Waals surface area contributed by atoms with Gasteiger partial charge in [0.05, 0.1) is 16.5 Å². The third kappa shape index (κ3) is 2.45. The second-order valence-electron chi connectivity index (χ2n) is 3.66. The molecule has 1 aromatic carbocycles. The lowest BCUT2D eigenvalue weighted by Crippen LogP contribution is -2.27. The first-order valence-corrected chi connectivity index (χ1v) is 6.63. The topological polar surface area (TPSA) is 44.1 Å². The number of hydrogen-bond donors (Lipinski definition) is 0. The second-order valence-corrected chi connectivity index (χ2v) is 5.34. The number of nitrogens with zero attached hydrogens (tertiary/aromatic N) is 2. The highest BCUT2D eigenvalue weighted by Gasteiger charge is 2.30. The fraction of sp³-hybridized carbons (Fsp3) is 0.154. The fourth-order valence-electron chi connectivity index (χ4n) is 1.58. The van der Waals surface area contributed by atoms with E-state index in [0.29, 0.717) is 21.3 Å². The predicted octanol–water partition coefficient (Wildman–Crippen LogP) is 2.78. The van der Waals surface area contributed by atoms with Gasteiger partial charge in [0.15, 0.2) is 0 Å². The zero-order valence-electron chi connectivity index (χ0n) is 9.71. The Kier molecular flexibility index (Phi) is 3.80. The number of carbonyl (C=O) groups is 1. The van der Waals surface area contributed by atoms with Crippen LogP contribution in [0.15, 0.2) is 29.2 Å². The molecule has 1 aliphatic heterocycles. The van der Waals surface area contributed by atoms with Crippen LogP contribution in [0, 0.1) is 11.3 Å².